The fourth-order valence-electron chi connectivity index (χ4n) is 1.11. The van der Waals surface area contributed by atoms with Crippen LogP contribution in [-0.2, 0) is 0 Å². The molecule has 10 heavy (non-hydrogen) atoms. The third kappa shape index (κ3) is 0.885. The zero-order valence-corrected chi connectivity index (χ0v) is 5.63. The number of hydrazine groups is 1. The number of nitrogens with zero attached hydrogens (tertiary/aromatic N) is 1. The SMILES string of the molecule is [c]1occc1N1CCCN1. The highest BCUT2D eigenvalue weighted by atomic mass is 16.3. The number of nitrogens with one attached hydrogen (secondary N) is 1. The van der Waals surface area contributed by atoms with Crippen LogP contribution in [0.1, 0.15) is 6.42 Å². The van der Waals surface area contributed by atoms with E-state index in [4.69, 9.17) is 4.42 Å². The van der Waals surface area contributed by atoms with Gasteiger partial charge in [0, 0.05) is 19.2 Å². The Morgan fingerprint density at radius 3 is 3.30 bits per heavy atom. The maximum absolute atomic E-state index is 4.82. The number of anilines is 1. The molecule has 1 aromatic rings. The minimum Gasteiger partial charge on any atom is -0.459 e. The summed E-state index contributed by atoms with van der Waals surface area (Å²) in [4.78, 5) is 0. The molecule has 1 N–H and O–H groups in total. The molecule has 0 bridgehead atoms. The zero-order chi connectivity index (χ0) is 6.81. The second kappa shape index (κ2) is 2.34. The minimum atomic E-state index is 0.998. The number of furan rings is 1. The van der Waals surface area contributed by atoms with Gasteiger partial charge < -0.3 is 9.43 Å². The van der Waals surface area contributed by atoms with Gasteiger partial charge in [0.05, 0.1) is 6.26 Å². The van der Waals surface area contributed by atoms with Crippen molar-refractivity contribution in [3.8, 4) is 0 Å². The van der Waals surface area contributed by atoms with Crippen LogP contribution in [0.4, 0.5) is 5.69 Å². The maximum atomic E-state index is 4.82. The highest BCUT2D eigenvalue weighted by Crippen LogP contribution is 2.13. The molecule has 0 saturated carbocycles. The van der Waals surface area contributed by atoms with Crippen molar-refractivity contribution in [2.75, 3.05) is 18.1 Å². The highest BCUT2D eigenvalue weighted by Gasteiger charge is 2.11. The molecule has 0 aliphatic carbocycles. The molecule has 0 amide bonds. The lowest BCUT2D eigenvalue weighted by molar-refractivity contribution is 0.556. The molecule has 0 atom stereocenters. The van der Waals surface area contributed by atoms with E-state index in [-0.39, 0.29) is 0 Å². The van der Waals surface area contributed by atoms with Crippen LogP contribution in [0.15, 0.2) is 16.7 Å². The maximum Gasteiger partial charge on any atom is 0.195 e. The highest BCUT2D eigenvalue weighted by molar-refractivity contribution is 5.40. The Bertz CT molecular complexity index is 189. The van der Waals surface area contributed by atoms with Crippen molar-refractivity contribution in [1.82, 2.24) is 5.43 Å². The first-order valence-electron chi connectivity index (χ1n) is 3.43. The van der Waals surface area contributed by atoms with Gasteiger partial charge in [0.2, 0.25) is 0 Å². The topological polar surface area (TPSA) is 28.4 Å². The Morgan fingerprint density at radius 2 is 2.70 bits per heavy atom. The standard InChI is InChI=1S/C7H9N2O/c1-3-8-9(4-1)7-2-5-10-6-7/h2,5,8H,1,3-4H2. The molecule has 3 nitrogen and oxygen atoms in total. The summed E-state index contributed by atoms with van der Waals surface area (Å²) in [7, 11) is 0. The smallest absolute Gasteiger partial charge is 0.195 e. The van der Waals surface area contributed by atoms with Crippen LogP contribution in [0.2, 0.25) is 0 Å². The second-order valence-corrected chi connectivity index (χ2v) is 2.32. The molecule has 1 radical (unpaired) electrons. The van der Waals surface area contributed by atoms with Gasteiger partial charge in [0.25, 0.3) is 0 Å². The summed E-state index contributed by atoms with van der Waals surface area (Å²) in [6.07, 6.45) is 5.60. The Kier molecular flexibility index (Phi) is 1.36. The normalized spacial score (nSPS) is 18.2. The van der Waals surface area contributed by atoms with Crippen LogP contribution < -0.4 is 10.4 Å². The molecule has 0 unspecified atom stereocenters. The molecule has 1 aliphatic heterocycles. The quantitative estimate of drug-likeness (QED) is 0.620. The molecule has 1 fully saturated rings. The predicted octanol–water partition coefficient (Wildman–Crippen LogP) is 0.794. The molecule has 0 spiro atoms. The summed E-state index contributed by atoms with van der Waals surface area (Å²) < 4.78 is 4.82. The van der Waals surface area contributed by atoms with Crippen LogP contribution in [0.5, 0.6) is 0 Å². The van der Waals surface area contributed by atoms with E-state index in [1.165, 1.54) is 6.42 Å². The summed E-state index contributed by atoms with van der Waals surface area (Å²) in [5.41, 5.74) is 4.20. The van der Waals surface area contributed by atoms with E-state index >= 15 is 0 Å². The Labute approximate surface area is 59.6 Å². The summed E-state index contributed by atoms with van der Waals surface area (Å²) in [5, 5.41) is 2.05. The zero-order valence-electron chi connectivity index (χ0n) is 5.63. The van der Waals surface area contributed by atoms with Crippen LogP contribution in [0.25, 0.3) is 0 Å². The minimum absolute atomic E-state index is 0.998. The third-order valence-electron chi connectivity index (χ3n) is 1.61. The first-order chi connectivity index (χ1) is 4.97. The van der Waals surface area contributed by atoms with Crippen LogP contribution in [0, 0.1) is 6.26 Å². The van der Waals surface area contributed by atoms with Gasteiger partial charge in [-0.05, 0) is 6.42 Å². The molecule has 53 valence electrons. The van der Waals surface area contributed by atoms with Crippen LogP contribution in [0.3, 0.4) is 0 Å². The van der Waals surface area contributed by atoms with E-state index in [2.05, 4.69) is 11.7 Å². The second-order valence-electron chi connectivity index (χ2n) is 2.32. The van der Waals surface area contributed by atoms with E-state index < -0.39 is 0 Å². The number of hydrogen-bond acceptors (Lipinski definition) is 3. The molecule has 3 heteroatoms. The van der Waals surface area contributed by atoms with E-state index in [1.807, 2.05) is 11.1 Å². The van der Waals surface area contributed by atoms with Crippen molar-refractivity contribution in [3.05, 3.63) is 18.6 Å². The molecule has 2 heterocycles. The van der Waals surface area contributed by atoms with Crippen molar-refractivity contribution in [1.29, 1.82) is 0 Å². The largest absolute Gasteiger partial charge is 0.459 e. The van der Waals surface area contributed by atoms with E-state index in [0.717, 1.165) is 18.8 Å². The van der Waals surface area contributed by atoms with Gasteiger partial charge in [0.1, 0.15) is 5.69 Å². The molecular formula is C7H9N2O. The van der Waals surface area contributed by atoms with Gasteiger partial charge in [-0.15, -0.1) is 0 Å². The van der Waals surface area contributed by atoms with E-state index in [1.54, 1.807) is 6.26 Å². The first-order valence-corrected chi connectivity index (χ1v) is 3.43. The number of hydrogen-bond donors (Lipinski definition) is 1. The van der Waals surface area contributed by atoms with Gasteiger partial charge in [-0.2, -0.15) is 0 Å². The van der Waals surface area contributed by atoms with Crippen LogP contribution >= 0.6 is 0 Å². The predicted molar refractivity (Wildman–Crippen MR) is 37.5 cm³/mol. The monoisotopic (exact) mass is 137 g/mol. The molecule has 0 aromatic carbocycles. The lowest BCUT2D eigenvalue weighted by atomic mass is 10.4. The van der Waals surface area contributed by atoms with Crippen LogP contribution in [-0.4, -0.2) is 13.1 Å². The summed E-state index contributed by atoms with van der Waals surface area (Å²) in [5.74, 6) is 0. The first kappa shape index (κ1) is 5.80. The lowest BCUT2D eigenvalue weighted by Crippen LogP contribution is -2.29. The van der Waals surface area contributed by atoms with Gasteiger partial charge in [0.15, 0.2) is 6.26 Å². The Morgan fingerprint density at radius 1 is 1.70 bits per heavy atom. The third-order valence-corrected chi connectivity index (χ3v) is 1.61. The average molecular weight is 137 g/mol. The molecule has 1 aromatic heterocycles. The van der Waals surface area contributed by atoms with Crippen molar-refractivity contribution >= 4 is 5.69 Å². The van der Waals surface area contributed by atoms with E-state index in [0.29, 0.717) is 0 Å². The Balaban J connectivity index is 2.12. The van der Waals surface area contributed by atoms with Gasteiger partial charge >= 0.3 is 0 Å². The fourth-order valence-corrected chi connectivity index (χ4v) is 1.11. The summed E-state index contributed by atoms with van der Waals surface area (Å²) in [6.45, 7) is 2.11. The fraction of sp³-hybridized carbons (Fsp3) is 0.429. The van der Waals surface area contributed by atoms with Gasteiger partial charge in [-0.1, -0.05) is 0 Å². The molecular weight excluding hydrogens is 128 g/mol. The summed E-state index contributed by atoms with van der Waals surface area (Å²) in [6, 6.07) is 1.90. The van der Waals surface area contributed by atoms with Gasteiger partial charge in [-0.25, -0.2) is 5.43 Å². The molecule has 2 rings (SSSR count). The molecule has 1 aliphatic rings. The van der Waals surface area contributed by atoms with Crippen molar-refractivity contribution in [3.63, 3.8) is 0 Å². The summed E-state index contributed by atoms with van der Waals surface area (Å²) >= 11 is 0. The molecule has 1 saturated heterocycles. The Hall–Kier alpha value is -0.960. The average Bonchev–Trinajstić information content (AvgIpc) is 2.59. The van der Waals surface area contributed by atoms with Crippen molar-refractivity contribution in [2.45, 2.75) is 6.42 Å². The van der Waals surface area contributed by atoms with E-state index in [9.17, 15) is 0 Å². The lowest BCUT2D eigenvalue weighted by Gasteiger charge is -2.13. The van der Waals surface area contributed by atoms with Crippen molar-refractivity contribution in [2.24, 2.45) is 0 Å². The van der Waals surface area contributed by atoms with Crippen molar-refractivity contribution < 1.29 is 4.42 Å². The van der Waals surface area contributed by atoms with Gasteiger partial charge in [-0.3, -0.25) is 0 Å². The number of rotatable bonds is 1.